The Balaban J connectivity index is 2.06. The summed E-state index contributed by atoms with van der Waals surface area (Å²) < 4.78 is 5.12. The Labute approximate surface area is 115 Å². The summed E-state index contributed by atoms with van der Waals surface area (Å²) in [6.45, 7) is 2.93. The summed E-state index contributed by atoms with van der Waals surface area (Å²) in [6.07, 6.45) is 3.78. The van der Waals surface area contributed by atoms with E-state index in [-0.39, 0.29) is 0 Å². The van der Waals surface area contributed by atoms with E-state index in [0.29, 0.717) is 17.5 Å². The van der Waals surface area contributed by atoms with Crippen LogP contribution in [-0.4, -0.2) is 43.3 Å². The van der Waals surface area contributed by atoms with Crippen LogP contribution in [0.4, 0.5) is 0 Å². The summed E-state index contributed by atoms with van der Waals surface area (Å²) in [7, 11) is 3.61. The number of methoxy groups -OCH3 is 1. The summed E-state index contributed by atoms with van der Waals surface area (Å²) in [5.41, 5.74) is 0.976. The van der Waals surface area contributed by atoms with E-state index in [1.165, 1.54) is 19.3 Å². The molecule has 1 fully saturated rings. The topological polar surface area (TPSA) is 44.7 Å². The molecular weight excluding hydrogens is 240 g/mol. The number of hydrogen-bond donors (Lipinski definition) is 2. The van der Waals surface area contributed by atoms with Gasteiger partial charge in [-0.25, -0.2) is 0 Å². The standard InChI is InChI=1S/C15H24N2O2/c1-16-10-13-5-3-4-8-17(13)11-12-6-7-14(19-2)9-15(12)18/h6-7,9,13,16,18H,3-5,8,10-11H2,1-2H3. The van der Waals surface area contributed by atoms with Gasteiger partial charge in [-0.3, -0.25) is 4.90 Å². The molecule has 0 aliphatic carbocycles. The van der Waals surface area contributed by atoms with Gasteiger partial charge in [0.25, 0.3) is 0 Å². The highest BCUT2D eigenvalue weighted by Gasteiger charge is 2.22. The Morgan fingerprint density at radius 3 is 2.95 bits per heavy atom. The highest BCUT2D eigenvalue weighted by molar-refractivity contribution is 5.39. The highest BCUT2D eigenvalue weighted by atomic mass is 16.5. The van der Waals surface area contributed by atoms with Crippen molar-refractivity contribution < 1.29 is 9.84 Å². The Hall–Kier alpha value is -1.26. The third kappa shape index (κ3) is 3.61. The lowest BCUT2D eigenvalue weighted by molar-refractivity contribution is 0.138. The van der Waals surface area contributed by atoms with Crippen LogP contribution in [0.1, 0.15) is 24.8 Å². The smallest absolute Gasteiger partial charge is 0.123 e. The number of phenols is 1. The van der Waals surface area contributed by atoms with Gasteiger partial charge in [-0.1, -0.05) is 12.5 Å². The lowest BCUT2D eigenvalue weighted by Crippen LogP contribution is -2.44. The lowest BCUT2D eigenvalue weighted by atomic mass is 10.0. The lowest BCUT2D eigenvalue weighted by Gasteiger charge is -2.35. The highest BCUT2D eigenvalue weighted by Crippen LogP contribution is 2.27. The minimum absolute atomic E-state index is 0.327. The fraction of sp³-hybridized carbons (Fsp3) is 0.600. The molecule has 1 saturated heterocycles. The molecule has 4 nitrogen and oxygen atoms in total. The van der Waals surface area contributed by atoms with Gasteiger partial charge in [0.2, 0.25) is 0 Å². The van der Waals surface area contributed by atoms with E-state index < -0.39 is 0 Å². The molecule has 1 aliphatic rings. The zero-order chi connectivity index (χ0) is 13.7. The largest absolute Gasteiger partial charge is 0.507 e. The molecule has 0 bridgehead atoms. The summed E-state index contributed by atoms with van der Waals surface area (Å²) in [5, 5.41) is 13.3. The second-order valence-electron chi connectivity index (χ2n) is 5.17. The number of ether oxygens (including phenoxy) is 1. The fourth-order valence-electron chi connectivity index (χ4n) is 2.76. The first-order valence-electron chi connectivity index (χ1n) is 6.99. The Kier molecular flexibility index (Phi) is 5.05. The molecule has 19 heavy (non-hydrogen) atoms. The van der Waals surface area contributed by atoms with E-state index >= 15 is 0 Å². The fourth-order valence-corrected chi connectivity index (χ4v) is 2.76. The van der Waals surface area contributed by atoms with Crippen LogP contribution in [0, 0.1) is 0 Å². The molecular formula is C15H24N2O2. The van der Waals surface area contributed by atoms with E-state index in [1.54, 1.807) is 13.2 Å². The molecule has 2 N–H and O–H groups in total. The molecule has 0 spiro atoms. The minimum Gasteiger partial charge on any atom is -0.507 e. The number of likely N-dealkylation sites (tertiary alicyclic amines) is 1. The third-order valence-electron chi connectivity index (χ3n) is 3.85. The molecule has 4 heteroatoms. The van der Waals surface area contributed by atoms with Crippen molar-refractivity contribution in [2.24, 2.45) is 0 Å². The van der Waals surface area contributed by atoms with Crippen LogP contribution < -0.4 is 10.1 Å². The van der Waals surface area contributed by atoms with Crippen molar-refractivity contribution in [3.63, 3.8) is 0 Å². The molecule has 1 atom stereocenters. The van der Waals surface area contributed by atoms with Gasteiger partial charge in [-0.05, 0) is 32.5 Å². The summed E-state index contributed by atoms with van der Waals surface area (Å²) in [6, 6.07) is 6.12. The maximum atomic E-state index is 10.0. The SMILES string of the molecule is CNCC1CCCCN1Cc1ccc(OC)cc1O. The van der Waals surface area contributed by atoms with Gasteiger partial charge >= 0.3 is 0 Å². The number of phenolic OH excluding ortho intramolecular Hbond substituents is 1. The van der Waals surface area contributed by atoms with Crippen molar-refractivity contribution in [2.75, 3.05) is 27.2 Å². The van der Waals surface area contributed by atoms with Gasteiger partial charge in [0.05, 0.1) is 7.11 Å². The van der Waals surface area contributed by atoms with Crippen molar-refractivity contribution in [3.05, 3.63) is 23.8 Å². The normalized spacial score (nSPS) is 20.4. The zero-order valence-electron chi connectivity index (χ0n) is 11.9. The summed E-state index contributed by atoms with van der Waals surface area (Å²) in [5.74, 6) is 1.03. The van der Waals surface area contributed by atoms with Crippen LogP contribution in [0.2, 0.25) is 0 Å². The molecule has 1 aliphatic heterocycles. The first-order chi connectivity index (χ1) is 9.24. The predicted molar refractivity (Wildman–Crippen MR) is 76.6 cm³/mol. The summed E-state index contributed by atoms with van der Waals surface area (Å²) in [4.78, 5) is 2.46. The molecule has 0 aromatic heterocycles. The number of benzene rings is 1. The average Bonchev–Trinajstić information content (AvgIpc) is 2.43. The molecule has 1 aromatic carbocycles. The number of aromatic hydroxyl groups is 1. The molecule has 106 valence electrons. The number of nitrogens with zero attached hydrogens (tertiary/aromatic N) is 1. The van der Waals surface area contributed by atoms with Crippen LogP contribution in [0.15, 0.2) is 18.2 Å². The second-order valence-corrected chi connectivity index (χ2v) is 5.17. The summed E-state index contributed by atoms with van der Waals surface area (Å²) >= 11 is 0. The molecule has 0 amide bonds. The van der Waals surface area contributed by atoms with E-state index in [9.17, 15) is 5.11 Å². The molecule has 2 rings (SSSR count). The van der Waals surface area contributed by atoms with Crippen molar-refractivity contribution in [3.8, 4) is 11.5 Å². The van der Waals surface area contributed by atoms with E-state index in [1.807, 2.05) is 19.2 Å². The van der Waals surface area contributed by atoms with Gasteiger partial charge in [0.15, 0.2) is 0 Å². The average molecular weight is 264 g/mol. The Bertz CT molecular complexity index is 407. The van der Waals surface area contributed by atoms with Crippen LogP contribution in [-0.2, 0) is 6.54 Å². The first-order valence-corrected chi connectivity index (χ1v) is 6.99. The molecule has 1 aromatic rings. The zero-order valence-corrected chi connectivity index (χ0v) is 11.9. The van der Waals surface area contributed by atoms with Gasteiger partial charge < -0.3 is 15.2 Å². The first kappa shape index (κ1) is 14.2. The van der Waals surface area contributed by atoms with Crippen molar-refractivity contribution in [1.29, 1.82) is 0 Å². The van der Waals surface area contributed by atoms with E-state index in [0.717, 1.165) is 25.2 Å². The molecule has 1 heterocycles. The minimum atomic E-state index is 0.327. The van der Waals surface area contributed by atoms with Crippen molar-refractivity contribution >= 4 is 0 Å². The number of hydrogen-bond acceptors (Lipinski definition) is 4. The quantitative estimate of drug-likeness (QED) is 0.853. The van der Waals surface area contributed by atoms with Crippen molar-refractivity contribution in [2.45, 2.75) is 31.8 Å². The van der Waals surface area contributed by atoms with E-state index in [2.05, 4.69) is 10.2 Å². The van der Waals surface area contributed by atoms with E-state index in [4.69, 9.17) is 4.74 Å². The third-order valence-corrected chi connectivity index (χ3v) is 3.85. The predicted octanol–water partition coefficient (Wildman–Crippen LogP) is 1.97. The molecule has 0 radical (unpaired) electrons. The maximum absolute atomic E-state index is 10.0. The van der Waals surface area contributed by atoms with Gasteiger partial charge in [0, 0.05) is 30.8 Å². The number of nitrogens with one attached hydrogen (secondary N) is 1. The second kappa shape index (κ2) is 6.78. The van der Waals surface area contributed by atoms with Crippen LogP contribution in [0.25, 0.3) is 0 Å². The molecule has 1 unspecified atom stereocenters. The van der Waals surface area contributed by atoms with Crippen LogP contribution in [0.5, 0.6) is 11.5 Å². The molecule has 0 saturated carbocycles. The van der Waals surface area contributed by atoms with Gasteiger partial charge in [-0.2, -0.15) is 0 Å². The Morgan fingerprint density at radius 2 is 2.26 bits per heavy atom. The van der Waals surface area contributed by atoms with Crippen LogP contribution >= 0.6 is 0 Å². The maximum Gasteiger partial charge on any atom is 0.123 e. The van der Waals surface area contributed by atoms with Gasteiger partial charge in [-0.15, -0.1) is 0 Å². The van der Waals surface area contributed by atoms with Crippen molar-refractivity contribution in [1.82, 2.24) is 10.2 Å². The number of likely N-dealkylation sites (N-methyl/N-ethyl adjacent to an activating group) is 1. The number of piperidine rings is 1. The number of rotatable bonds is 5. The monoisotopic (exact) mass is 264 g/mol. The van der Waals surface area contributed by atoms with Crippen LogP contribution in [0.3, 0.4) is 0 Å². The Morgan fingerprint density at radius 1 is 1.42 bits per heavy atom. The van der Waals surface area contributed by atoms with Gasteiger partial charge in [0.1, 0.15) is 11.5 Å².